The van der Waals surface area contributed by atoms with Crippen molar-refractivity contribution in [2.24, 2.45) is 0 Å². The Kier molecular flexibility index (Phi) is 4.26. The van der Waals surface area contributed by atoms with E-state index in [2.05, 4.69) is 20.4 Å². The lowest BCUT2D eigenvalue weighted by molar-refractivity contribution is -0.137. The van der Waals surface area contributed by atoms with Crippen LogP contribution in [0.1, 0.15) is 16.7 Å². The zero-order valence-corrected chi connectivity index (χ0v) is 15.1. The van der Waals surface area contributed by atoms with Gasteiger partial charge >= 0.3 is 6.18 Å². The first-order valence-corrected chi connectivity index (χ1v) is 8.53. The summed E-state index contributed by atoms with van der Waals surface area (Å²) in [5.74, 6) is 0.389. The Morgan fingerprint density at radius 1 is 1.00 bits per heavy atom. The molecule has 2 aromatic carbocycles. The second-order valence-corrected chi connectivity index (χ2v) is 6.51. The SMILES string of the molecule is Cc1ccc(-n2ncc3c(Nc4cccc(C(F)(F)F)c4)ncnc32)c(C)c1. The third-order valence-electron chi connectivity index (χ3n) is 4.40. The van der Waals surface area contributed by atoms with E-state index in [0.717, 1.165) is 28.9 Å². The van der Waals surface area contributed by atoms with Gasteiger partial charge in [0.1, 0.15) is 12.1 Å². The highest BCUT2D eigenvalue weighted by Crippen LogP contribution is 2.32. The van der Waals surface area contributed by atoms with Crippen molar-refractivity contribution >= 4 is 22.5 Å². The van der Waals surface area contributed by atoms with Gasteiger partial charge in [0.05, 0.1) is 22.8 Å². The molecule has 142 valence electrons. The average Bonchev–Trinajstić information content (AvgIpc) is 3.06. The molecule has 8 heteroatoms. The lowest BCUT2D eigenvalue weighted by Crippen LogP contribution is -2.05. The molecule has 0 atom stereocenters. The molecule has 0 saturated carbocycles. The van der Waals surface area contributed by atoms with Crippen molar-refractivity contribution in [1.82, 2.24) is 19.7 Å². The van der Waals surface area contributed by atoms with Crippen LogP contribution in [-0.4, -0.2) is 19.7 Å². The lowest BCUT2D eigenvalue weighted by atomic mass is 10.1. The third-order valence-corrected chi connectivity index (χ3v) is 4.40. The molecule has 0 aliphatic heterocycles. The van der Waals surface area contributed by atoms with Crippen LogP contribution < -0.4 is 5.32 Å². The molecule has 0 aliphatic carbocycles. The predicted molar refractivity (Wildman–Crippen MR) is 101 cm³/mol. The molecular weight excluding hydrogens is 367 g/mol. The van der Waals surface area contributed by atoms with Crippen LogP contribution in [0.4, 0.5) is 24.7 Å². The van der Waals surface area contributed by atoms with Crippen molar-refractivity contribution < 1.29 is 13.2 Å². The number of aromatic nitrogens is 4. The summed E-state index contributed by atoms with van der Waals surface area (Å²) in [6.45, 7) is 4.00. The summed E-state index contributed by atoms with van der Waals surface area (Å²) in [7, 11) is 0. The molecule has 0 saturated heterocycles. The van der Waals surface area contributed by atoms with Crippen molar-refractivity contribution in [3.05, 3.63) is 71.7 Å². The second-order valence-electron chi connectivity index (χ2n) is 6.51. The number of aryl methyl sites for hydroxylation is 2. The van der Waals surface area contributed by atoms with Crippen LogP contribution in [0.2, 0.25) is 0 Å². The van der Waals surface area contributed by atoms with Gasteiger partial charge in [-0.2, -0.15) is 18.3 Å². The fourth-order valence-corrected chi connectivity index (χ4v) is 3.07. The first-order chi connectivity index (χ1) is 13.3. The molecule has 0 radical (unpaired) electrons. The smallest absolute Gasteiger partial charge is 0.340 e. The van der Waals surface area contributed by atoms with Gasteiger partial charge in [0.2, 0.25) is 0 Å². The Bertz CT molecular complexity index is 1160. The fraction of sp³-hybridized carbons (Fsp3) is 0.150. The largest absolute Gasteiger partial charge is 0.416 e. The van der Waals surface area contributed by atoms with Gasteiger partial charge in [0.25, 0.3) is 0 Å². The third kappa shape index (κ3) is 3.28. The summed E-state index contributed by atoms with van der Waals surface area (Å²) >= 11 is 0. The van der Waals surface area contributed by atoms with Crippen LogP contribution in [0.3, 0.4) is 0 Å². The molecule has 0 aliphatic rings. The highest BCUT2D eigenvalue weighted by Gasteiger charge is 2.30. The quantitative estimate of drug-likeness (QED) is 0.529. The monoisotopic (exact) mass is 383 g/mol. The molecule has 4 aromatic rings. The van der Waals surface area contributed by atoms with Gasteiger partial charge in [-0.05, 0) is 43.7 Å². The fourth-order valence-electron chi connectivity index (χ4n) is 3.07. The van der Waals surface area contributed by atoms with E-state index in [-0.39, 0.29) is 5.69 Å². The molecule has 4 rings (SSSR count). The predicted octanol–water partition coefficient (Wildman–Crippen LogP) is 5.19. The Morgan fingerprint density at radius 2 is 1.82 bits per heavy atom. The van der Waals surface area contributed by atoms with E-state index in [1.54, 1.807) is 16.9 Å². The minimum Gasteiger partial charge on any atom is -0.340 e. The number of benzene rings is 2. The van der Waals surface area contributed by atoms with Crippen molar-refractivity contribution in [2.45, 2.75) is 20.0 Å². The number of hydrogen-bond donors (Lipinski definition) is 1. The maximum absolute atomic E-state index is 13.0. The van der Waals surface area contributed by atoms with Crippen molar-refractivity contribution in [1.29, 1.82) is 0 Å². The van der Waals surface area contributed by atoms with Crippen LogP contribution in [0, 0.1) is 13.8 Å². The Hall–Kier alpha value is -3.42. The van der Waals surface area contributed by atoms with Crippen LogP contribution in [0.5, 0.6) is 0 Å². The van der Waals surface area contributed by atoms with Crippen molar-refractivity contribution in [3.8, 4) is 5.69 Å². The van der Waals surface area contributed by atoms with Gasteiger partial charge in [0, 0.05) is 5.69 Å². The summed E-state index contributed by atoms with van der Waals surface area (Å²) in [5, 5.41) is 7.96. The maximum Gasteiger partial charge on any atom is 0.416 e. The summed E-state index contributed by atoms with van der Waals surface area (Å²) in [4.78, 5) is 8.49. The van der Waals surface area contributed by atoms with E-state index < -0.39 is 11.7 Å². The molecular formula is C20H16F3N5. The van der Waals surface area contributed by atoms with Crippen LogP contribution >= 0.6 is 0 Å². The standard InChI is InChI=1S/C20H16F3N5/c1-12-6-7-17(13(2)8-12)28-19-16(10-26-28)18(24-11-25-19)27-15-5-3-4-14(9-15)20(21,22)23/h3-11H,1-2H3,(H,24,25,27). The van der Waals surface area contributed by atoms with Gasteiger partial charge < -0.3 is 5.32 Å². The highest BCUT2D eigenvalue weighted by molar-refractivity contribution is 5.89. The summed E-state index contributed by atoms with van der Waals surface area (Å²) in [5.41, 5.74) is 3.18. The molecule has 2 heterocycles. The molecule has 0 fully saturated rings. The molecule has 5 nitrogen and oxygen atoms in total. The molecule has 0 spiro atoms. The topological polar surface area (TPSA) is 55.6 Å². The minimum atomic E-state index is -4.41. The maximum atomic E-state index is 13.0. The van der Waals surface area contributed by atoms with Crippen LogP contribution in [-0.2, 0) is 6.18 Å². The van der Waals surface area contributed by atoms with Gasteiger partial charge in [-0.25, -0.2) is 14.6 Å². The van der Waals surface area contributed by atoms with E-state index in [1.807, 2.05) is 32.0 Å². The molecule has 0 unspecified atom stereocenters. The van der Waals surface area contributed by atoms with Crippen molar-refractivity contribution in [2.75, 3.05) is 5.32 Å². The van der Waals surface area contributed by atoms with Gasteiger partial charge in [-0.1, -0.05) is 23.8 Å². The number of halogens is 3. The minimum absolute atomic E-state index is 0.286. The molecule has 1 N–H and O–H groups in total. The molecule has 28 heavy (non-hydrogen) atoms. The Balaban J connectivity index is 1.75. The zero-order valence-electron chi connectivity index (χ0n) is 15.1. The lowest BCUT2D eigenvalue weighted by Gasteiger charge is -2.11. The van der Waals surface area contributed by atoms with Gasteiger partial charge in [-0.15, -0.1) is 0 Å². The molecule has 2 aromatic heterocycles. The van der Waals surface area contributed by atoms with E-state index in [1.165, 1.54) is 12.4 Å². The summed E-state index contributed by atoms with van der Waals surface area (Å²) in [6.07, 6.45) is -1.45. The van der Waals surface area contributed by atoms with E-state index in [0.29, 0.717) is 16.9 Å². The number of hydrogen-bond acceptors (Lipinski definition) is 4. The van der Waals surface area contributed by atoms with E-state index in [4.69, 9.17) is 0 Å². The number of nitrogens with zero attached hydrogens (tertiary/aromatic N) is 4. The second kappa shape index (κ2) is 6.63. The number of nitrogens with one attached hydrogen (secondary N) is 1. The molecule has 0 bridgehead atoms. The van der Waals surface area contributed by atoms with Gasteiger partial charge in [0.15, 0.2) is 5.65 Å². The zero-order chi connectivity index (χ0) is 19.9. The molecule has 0 amide bonds. The number of rotatable bonds is 3. The first kappa shape index (κ1) is 18.0. The van der Waals surface area contributed by atoms with E-state index >= 15 is 0 Å². The summed E-state index contributed by atoms with van der Waals surface area (Å²) < 4.78 is 40.5. The van der Waals surface area contributed by atoms with Crippen molar-refractivity contribution in [3.63, 3.8) is 0 Å². The van der Waals surface area contributed by atoms with E-state index in [9.17, 15) is 13.2 Å². The number of anilines is 2. The highest BCUT2D eigenvalue weighted by atomic mass is 19.4. The summed E-state index contributed by atoms with van der Waals surface area (Å²) in [6, 6.07) is 11.0. The van der Waals surface area contributed by atoms with Crippen LogP contribution in [0.15, 0.2) is 55.0 Å². The number of fused-ring (bicyclic) bond motifs is 1. The normalized spacial score (nSPS) is 11.8. The average molecular weight is 383 g/mol. The van der Waals surface area contributed by atoms with Gasteiger partial charge in [-0.3, -0.25) is 0 Å². The Morgan fingerprint density at radius 3 is 2.57 bits per heavy atom. The Labute approximate surface area is 158 Å². The number of alkyl halides is 3. The van der Waals surface area contributed by atoms with Crippen LogP contribution in [0.25, 0.3) is 16.7 Å². The first-order valence-electron chi connectivity index (χ1n) is 8.53.